The average Bonchev–Trinajstić information content (AvgIpc) is 2.90. The summed E-state index contributed by atoms with van der Waals surface area (Å²) >= 11 is 3.50. The van der Waals surface area contributed by atoms with Crippen LogP contribution >= 0.6 is 23.1 Å². The van der Waals surface area contributed by atoms with Crippen LogP contribution in [0.2, 0.25) is 0 Å². The monoisotopic (exact) mass is 309 g/mol. The van der Waals surface area contributed by atoms with E-state index in [9.17, 15) is 0 Å². The van der Waals surface area contributed by atoms with E-state index in [-0.39, 0.29) is 0 Å². The van der Waals surface area contributed by atoms with E-state index in [4.69, 9.17) is 4.74 Å². The maximum absolute atomic E-state index is 5.35. The number of nitrogens with one attached hydrogen (secondary N) is 1. The van der Waals surface area contributed by atoms with Gasteiger partial charge < -0.3 is 10.1 Å². The van der Waals surface area contributed by atoms with Crippen LogP contribution in [-0.2, 0) is 4.74 Å². The molecule has 0 saturated carbocycles. The van der Waals surface area contributed by atoms with Gasteiger partial charge in [-0.3, -0.25) is 4.90 Å². The lowest BCUT2D eigenvalue weighted by atomic mass is 10.3. The van der Waals surface area contributed by atoms with E-state index in [1.54, 1.807) is 23.1 Å². The lowest BCUT2D eigenvalue weighted by Gasteiger charge is -2.26. The molecule has 6 heteroatoms. The molecule has 0 bridgehead atoms. The Morgan fingerprint density at radius 3 is 3.05 bits per heavy atom. The number of morpholine rings is 1. The van der Waals surface area contributed by atoms with Crippen LogP contribution in [0, 0.1) is 0 Å². The molecule has 1 aliphatic rings. The van der Waals surface area contributed by atoms with Gasteiger partial charge in [0.2, 0.25) is 0 Å². The fraction of sp³-hybridized carbons (Fsp3) is 0.500. The van der Waals surface area contributed by atoms with E-state index in [0.29, 0.717) is 0 Å². The van der Waals surface area contributed by atoms with Crippen molar-refractivity contribution in [3.63, 3.8) is 0 Å². The van der Waals surface area contributed by atoms with Gasteiger partial charge in [0.1, 0.15) is 0 Å². The molecule has 0 spiro atoms. The number of thioether (sulfide) groups is 1. The molecule has 0 aliphatic carbocycles. The van der Waals surface area contributed by atoms with Crippen molar-refractivity contribution >= 4 is 38.4 Å². The van der Waals surface area contributed by atoms with Gasteiger partial charge in [0, 0.05) is 31.1 Å². The Bertz CT molecular complexity index is 567. The van der Waals surface area contributed by atoms with Crippen LogP contribution in [0.25, 0.3) is 10.2 Å². The van der Waals surface area contributed by atoms with E-state index in [1.165, 1.54) is 9.60 Å². The summed E-state index contributed by atoms with van der Waals surface area (Å²) in [5.41, 5.74) is 1.08. The van der Waals surface area contributed by atoms with Gasteiger partial charge in [-0.25, -0.2) is 4.98 Å². The lowest BCUT2D eigenvalue weighted by molar-refractivity contribution is 0.0398. The van der Waals surface area contributed by atoms with Gasteiger partial charge >= 0.3 is 0 Å². The van der Waals surface area contributed by atoms with Gasteiger partial charge in [0.05, 0.1) is 23.4 Å². The molecule has 1 aliphatic heterocycles. The molecule has 0 amide bonds. The molecular weight excluding hydrogens is 290 g/mol. The number of fused-ring (bicyclic) bond motifs is 1. The van der Waals surface area contributed by atoms with E-state index < -0.39 is 0 Å². The smallest absolute Gasteiger partial charge is 0.183 e. The van der Waals surface area contributed by atoms with Crippen molar-refractivity contribution in [1.29, 1.82) is 0 Å². The Hall–Kier alpha value is -0.820. The fourth-order valence-corrected chi connectivity index (χ4v) is 3.70. The van der Waals surface area contributed by atoms with Crippen molar-refractivity contribution in [2.75, 3.05) is 51.0 Å². The Balaban J connectivity index is 1.57. The minimum atomic E-state index is 0.860. The summed E-state index contributed by atoms with van der Waals surface area (Å²) in [6.07, 6.45) is 2.10. The molecule has 1 saturated heterocycles. The van der Waals surface area contributed by atoms with Crippen LogP contribution < -0.4 is 5.32 Å². The molecule has 2 heterocycles. The second-order valence-corrected chi connectivity index (χ2v) is 6.64. The molecule has 0 atom stereocenters. The molecule has 4 nitrogen and oxygen atoms in total. The first-order valence-electron chi connectivity index (χ1n) is 6.84. The first kappa shape index (κ1) is 14.1. The van der Waals surface area contributed by atoms with Gasteiger partial charge in [-0.1, -0.05) is 11.3 Å². The molecule has 3 rings (SSSR count). The Labute approximate surface area is 127 Å². The molecule has 108 valence electrons. The predicted molar refractivity (Wildman–Crippen MR) is 87.1 cm³/mol. The normalized spacial score (nSPS) is 16.6. The summed E-state index contributed by atoms with van der Waals surface area (Å²) in [7, 11) is 0. The van der Waals surface area contributed by atoms with Gasteiger partial charge in [0.25, 0.3) is 0 Å². The van der Waals surface area contributed by atoms with Gasteiger partial charge in [0.15, 0.2) is 5.13 Å². The minimum Gasteiger partial charge on any atom is -0.379 e. The summed E-state index contributed by atoms with van der Waals surface area (Å²) in [5, 5.41) is 4.46. The summed E-state index contributed by atoms with van der Waals surface area (Å²) in [6, 6.07) is 6.44. The third-order valence-electron chi connectivity index (χ3n) is 3.40. The molecule has 20 heavy (non-hydrogen) atoms. The lowest BCUT2D eigenvalue weighted by Crippen LogP contribution is -2.38. The van der Waals surface area contributed by atoms with E-state index in [2.05, 4.69) is 39.7 Å². The first-order chi connectivity index (χ1) is 9.85. The molecule has 2 aromatic rings. The van der Waals surface area contributed by atoms with E-state index in [0.717, 1.165) is 50.0 Å². The maximum atomic E-state index is 5.35. The summed E-state index contributed by atoms with van der Waals surface area (Å²) in [6.45, 7) is 5.79. The SMILES string of the molecule is CSc1ccc2nc(NCCN3CCOCC3)sc2c1. The number of aromatic nitrogens is 1. The standard InChI is InChI=1S/C14H19N3OS2/c1-19-11-2-3-12-13(10-11)20-14(16-12)15-4-5-17-6-8-18-9-7-17/h2-3,10H,4-9H2,1H3,(H,15,16). The molecular formula is C14H19N3OS2. The van der Waals surface area contributed by atoms with Crippen LogP contribution in [0.5, 0.6) is 0 Å². The van der Waals surface area contributed by atoms with Crippen molar-refractivity contribution in [3.05, 3.63) is 18.2 Å². The highest BCUT2D eigenvalue weighted by atomic mass is 32.2. The number of anilines is 1. The zero-order chi connectivity index (χ0) is 13.8. The quantitative estimate of drug-likeness (QED) is 0.860. The van der Waals surface area contributed by atoms with Gasteiger partial charge in [-0.2, -0.15) is 0 Å². The molecule has 1 N–H and O–H groups in total. The summed E-state index contributed by atoms with van der Waals surface area (Å²) in [4.78, 5) is 8.34. The maximum Gasteiger partial charge on any atom is 0.183 e. The number of nitrogens with zero attached hydrogens (tertiary/aromatic N) is 2. The van der Waals surface area contributed by atoms with Crippen LogP contribution in [0.3, 0.4) is 0 Å². The van der Waals surface area contributed by atoms with Crippen molar-refractivity contribution in [3.8, 4) is 0 Å². The van der Waals surface area contributed by atoms with Crippen LogP contribution in [0.4, 0.5) is 5.13 Å². The summed E-state index contributed by atoms with van der Waals surface area (Å²) < 4.78 is 6.61. The Kier molecular flexibility index (Phi) is 4.77. The number of rotatable bonds is 5. The molecule has 0 unspecified atom stereocenters. The minimum absolute atomic E-state index is 0.860. The molecule has 1 aromatic carbocycles. The Morgan fingerprint density at radius 1 is 1.40 bits per heavy atom. The number of hydrogen-bond acceptors (Lipinski definition) is 6. The average molecular weight is 309 g/mol. The number of hydrogen-bond donors (Lipinski definition) is 1. The largest absolute Gasteiger partial charge is 0.379 e. The second-order valence-electron chi connectivity index (χ2n) is 4.73. The van der Waals surface area contributed by atoms with Crippen LogP contribution in [-0.4, -0.2) is 55.5 Å². The third kappa shape index (κ3) is 3.44. The zero-order valence-corrected chi connectivity index (χ0v) is 13.2. The highest BCUT2D eigenvalue weighted by molar-refractivity contribution is 7.98. The molecule has 1 aromatic heterocycles. The number of thiazole rings is 1. The van der Waals surface area contributed by atoms with Crippen molar-refractivity contribution in [1.82, 2.24) is 9.88 Å². The van der Waals surface area contributed by atoms with Crippen molar-refractivity contribution < 1.29 is 4.74 Å². The van der Waals surface area contributed by atoms with Gasteiger partial charge in [-0.15, -0.1) is 11.8 Å². The highest BCUT2D eigenvalue weighted by Crippen LogP contribution is 2.29. The number of ether oxygens (including phenoxy) is 1. The van der Waals surface area contributed by atoms with Gasteiger partial charge in [-0.05, 0) is 24.5 Å². The molecule has 0 radical (unpaired) electrons. The Morgan fingerprint density at radius 2 is 2.25 bits per heavy atom. The highest BCUT2D eigenvalue weighted by Gasteiger charge is 2.10. The second kappa shape index (κ2) is 6.76. The summed E-state index contributed by atoms with van der Waals surface area (Å²) in [5.74, 6) is 0. The zero-order valence-electron chi connectivity index (χ0n) is 11.6. The third-order valence-corrected chi connectivity index (χ3v) is 5.10. The topological polar surface area (TPSA) is 37.4 Å². The molecule has 1 fully saturated rings. The van der Waals surface area contributed by atoms with Crippen molar-refractivity contribution in [2.24, 2.45) is 0 Å². The number of benzene rings is 1. The van der Waals surface area contributed by atoms with E-state index in [1.807, 2.05) is 0 Å². The first-order valence-corrected chi connectivity index (χ1v) is 8.88. The predicted octanol–water partition coefficient (Wildman–Crippen LogP) is 2.76. The van der Waals surface area contributed by atoms with Crippen LogP contribution in [0.15, 0.2) is 23.1 Å². The van der Waals surface area contributed by atoms with Crippen molar-refractivity contribution in [2.45, 2.75) is 4.90 Å². The fourth-order valence-electron chi connectivity index (χ4n) is 2.25. The van der Waals surface area contributed by atoms with Crippen LogP contribution in [0.1, 0.15) is 0 Å². The van der Waals surface area contributed by atoms with E-state index >= 15 is 0 Å².